The summed E-state index contributed by atoms with van der Waals surface area (Å²) >= 11 is 6.56. The fourth-order valence-electron chi connectivity index (χ4n) is 4.66. The molecule has 0 aromatic heterocycles. The van der Waals surface area contributed by atoms with E-state index in [4.69, 9.17) is 25.8 Å². The normalized spacial score (nSPS) is 26.1. The summed E-state index contributed by atoms with van der Waals surface area (Å²) in [5.74, 6) is 0.854. The SMILES string of the molecule is Cc1cccc(C)c1OC[C@@H]1[C@@H](C/C=C\CCC(=O)OCCN2CCOCC2)[C@H](Cl)C[C@H]1O. The summed E-state index contributed by atoms with van der Waals surface area (Å²) in [7, 11) is 0. The Hall–Kier alpha value is -1.60. The number of carbonyl (C=O) groups is 1. The number of aliphatic hydroxyl groups is 1. The fraction of sp³-hybridized carbons (Fsp3) is 0.654. The molecule has 7 heteroatoms. The highest BCUT2D eigenvalue weighted by atomic mass is 35.5. The summed E-state index contributed by atoms with van der Waals surface area (Å²) in [5.41, 5.74) is 2.19. The predicted molar refractivity (Wildman–Crippen MR) is 130 cm³/mol. The largest absolute Gasteiger partial charge is 0.493 e. The number of rotatable bonds is 11. The lowest BCUT2D eigenvalue weighted by molar-refractivity contribution is -0.144. The van der Waals surface area contributed by atoms with Gasteiger partial charge in [0.2, 0.25) is 0 Å². The molecule has 1 saturated carbocycles. The zero-order valence-corrected chi connectivity index (χ0v) is 20.6. The Labute approximate surface area is 202 Å². The first-order chi connectivity index (χ1) is 16.0. The lowest BCUT2D eigenvalue weighted by Gasteiger charge is -2.26. The molecule has 0 spiro atoms. The highest BCUT2D eigenvalue weighted by Gasteiger charge is 2.41. The minimum absolute atomic E-state index is 0.0127. The van der Waals surface area contributed by atoms with E-state index in [1.807, 2.05) is 38.1 Å². The molecule has 2 aliphatic rings. The first-order valence-electron chi connectivity index (χ1n) is 12.1. The number of morpholine rings is 1. The molecule has 1 N–H and O–H groups in total. The van der Waals surface area contributed by atoms with E-state index >= 15 is 0 Å². The summed E-state index contributed by atoms with van der Waals surface area (Å²) < 4.78 is 16.8. The molecule has 0 amide bonds. The second kappa shape index (κ2) is 13.3. The van der Waals surface area contributed by atoms with Crippen molar-refractivity contribution in [2.75, 3.05) is 46.1 Å². The van der Waals surface area contributed by atoms with Crippen molar-refractivity contribution in [3.05, 3.63) is 41.5 Å². The van der Waals surface area contributed by atoms with E-state index < -0.39 is 6.10 Å². The molecule has 4 atom stereocenters. The van der Waals surface area contributed by atoms with Gasteiger partial charge in [0.1, 0.15) is 12.4 Å². The van der Waals surface area contributed by atoms with Crippen LogP contribution in [0.1, 0.15) is 36.8 Å². The van der Waals surface area contributed by atoms with Crippen LogP contribution in [-0.4, -0.2) is 73.5 Å². The number of alkyl halides is 1. The van der Waals surface area contributed by atoms with Gasteiger partial charge in [0, 0.05) is 37.4 Å². The van der Waals surface area contributed by atoms with Crippen LogP contribution in [0.15, 0.2) is 30.4 Å². The van der Waals surface area contributed by atoms with Crippen molar-refractivity contribution in [3.63, 3.8) is 0 Å². The van der Waals surface area contributed by atoms with Crippen molar-refractivity contribution in [2.24, 2.45) is 11.8 Å². The molecule has 1 aromatic rings. The van der Waals surface area contributed by atoms with E-state index in [9.17, 15) is 9.90 Å². The average molecular weight is 480 g/mol. The van der Waals surface area contributed by atoms with Gasteiger partial charge >= 0.3 is 5.97 Å². The zero-order valence-electron chi connectivity index (χ0n) is 19.9. The molecular weight excluding hydrogens is 442 g/mol. The maximum Gasteiger partial charge on any atom is 0.306 e. The third-order valence-electron chi connectivity index (χ3n) is 6.67. The topological polar surface area (TPSA) is 68.2 Å². The third kappa shape index (κ3) is 7.99. The number of aryl methyl sites for hydroxylation is 2. The Morgan fingerprint density at radius 1 is 1.21 bits per heavy atom. The Morgan fingerprint density at radius 3 is 2.67 bits per heavy atom. The molecular formula is C26H38ClNO5. The van der Waals surface area contributed by atoms with Gasteiger partial charge in [-0.15, -0.1) is 11.6 Å². The van der Waals surface area contributed by atoms with Gasteiger partial charge in [-0.25, -0.2) is 0 Å². The molecule has 1 heterocycles. The second-order valence-electron chi connectivity index (χ2n) is 9.10. The number of esters is 1. The second-order valence-corrected chi connectivity index (χ2v) is 9.66. The van der Waals surface area contributed by atoms with Gasteiger partial charge in [-0.2, -0.15) is 0 Å². The van der Waals surface area contributed by atoms with Crippen LogP contribution in [0.4, 0.5) is 0 Å². The van der Waals surface area contributed by atoms with Crippen molar-refractivity contribution in [3.8, 4) is 5.75 Å². The Kier molecular flexibility index (Phi) is 10.5. The molecule has 0 bridgehead atoms. The Balaban J connectivity index is 1.37. The smallest absolute Gasteiger partial charge is 0.306 e. The van der Waals surface area contributed by atoms with E-state index in [2.05, 4.69) is 11.0 Å². The predicted octanol–water partition coefficient (Wildman–Crippen LogP) is 3.89. The van der Waals surface area contributed by atoms with Crippen LogP contribution in [0.5, 0.6) is 5.75 Å². The number of aliphatic hydroxyl groups excluding tert-OH is 1. The van der Waals surface area contributed by atoms with Gasteiger partial charge in [-0.05, 0) is 50.2 Å². The van der Waals surface area contributed by atoms with Crippen LogP contribution in [0.2, 0.25) is 0 Å². The number of benzene rings is 1. The number of allylic oxidation sites excluding steroid dienone is 2. The van der Waals surface area contributed by atoms with Crippen LogP contribution >= 0.6 is 11.6 Å². The summed E-state index contributed by atoms with van der Waals surface area (Å²) in [5, 5.41) is 10.5. The molecule has 33 heavy (non-hydrogen) atoms. The molecule has 1 saturated heterocycles. The first-order valence-corrected chi connectivity index (χ1v) is 12.5. The summed E-state index contributed by atoms with van der Waals surface area (Å²) in [6.45, 7) is 9.00. The van der Waals surface area contributed by atoms with Crippen molar-refractivity contribution in [1.82, 2.24) is 4.90 Å². The van der Waals surface area contributed by atoms with Crippen LogP contribution in [-0.2, 0) is 14.3 Å². The third-order valence-corrected chi connectivity index (χ3v) is 7.17. The molecule has 0 unspecified atom stereocenters. The average Bonchev–Trinajstić information content (AvgIpc) is 3.06. The van der Waals surface area contributed by atoms with E-state index in [1.54, 1.807) is 0 Å². The van der Waals surface area contributed by atoms with Crippen LogP contribution in [0.25, 0.3) is 0 Å². The highest BCUT2D eigenvalue weighted by Crippen LogP contribution is 2.39. The molecule has 1 aliphatic heterocycles. The maximum atomic E-state index is 12.0. The van der Waals surface area contributed by atoms with Crippen LogP contribution in [0, 0.1) is 25.7 Å². The quantitative estimate of drug-likeness (QED) is 0.295. The summed E-state index contributed by atoms with van der Waals surface area (Å²) in [4.78, 5) is 14.2. The van der Waals surface area contributed by atoms with Gasteiger partial charge < -0.3 is 19.3 Å². The standard InChI is InChI=1S/C26H38ClNO5/c1-19-7-6-8-20(2)26(19)33-18-22-21(23(27)17-24(22)29)9-4-3-5-10-25(30)32-16-13-28-11-14-31-15-12-28/h3-4,6-8,21-24,29H,5,9-18H2,1-2H3/b4-3-/t21-,22-,23-,24-/m1/s1. The van der Waals surface area contributed by atoms with Gasteiger partial charge in [0.25, 0.3) is 0 Å². The Bertz CT molecular complexity index is 760. The Morgan fingerprint density at radius 2 is 1.94 bits per heavy atom. The number of ether oxygens (including phenoxy) is 3. The van der Waals surface area contributed by atoms with E-state index in [1.165, 1.54) is 0 Å². The van der Waals surface area contributed by atoms with E-state index in [-0.39, 0.29) is 23.2 Å². The van der Waals surface area contributed by atoms with Crippen LogP contribution in [0.3, 0.4) is 0 Å². The van der Waals surface area contributed by atoms with Gasteiger partial charge in [0.05, 0.1) is 25.9 Å². The van der Waals surface area contributed by atoms with Gasteiger partial charge in [-0.1, -0.05) is 30.4 Å². The number of nitrogens with zero attached hydrogens (tertiary/aromatic N) is 1. The van der Waals surface area contributed by atoms with Gasteiger partial charge in [0.15, 0.2) is 0 Å². The first kappa shape index (κ1) is 26.0. The van der Waals surface area contributed by atoms with E-state index in [0.29, 0.717) is 32.5 Å². The molecule has 3 rings (SSSR count). The lowest BCUT2D eigenvalue weighted by Crippen LogP contribution is -2.38. The van der Waals surface area contributed by atoms with Crippen molar-refractivity contribution >= 4 is 17.6 Å². The summed E-state index contributed by atoms with van der Waals surface area (Å²) in [6, 6.07) is 6.08. The van der Waals surface area contributed by atoms with E-state index in [0.717, 1.165) is 56.1 Å². The van der Waals surface area contributed by atoms with Gasteiger partial charge in [-0.3, -0.25) is 9.69 Å². The number of hydrogen-bond donors (Lipinski definition) is 1. The number of carbonyl (C=O) groups excluding carboxylic acids is 1. The lowest BCUT2D eigenvalue weighted by atomic mass is 9.92. The fourth-order valence-corrected chi connectivity index (χ4v) is 5.13. The number of hydrogen-bond acceptors (Lipinski definition) is 6. The summed E-state index contributed by atoms with van der Waals surface area (Å²) in [6.07, 6.45) is 5.98. The van der Waals surface area contributed by atoms with Crippen molar-refractivity contribution in [2.45, 2.75) is 51.0 Å². The molecule has 184 valence electrons. The molecule has 1 aliphatic carbocycles. The maximum absolute atomic E-state index is 12.0. The number of para-hydroxylation sites is 1. The molecule has 1 aromatic carbocycles. The highest BCUT2D eigenvalue weighted by molar-refractivity contribution is 6.21. The molecule has 6 nitrogen and oxygen atoms in total. The zero-order chi connectivity index (χ0) is 23.6. The number of halogens is 1. The van der Waals surface area contributed by atoms with Crippen LogP contribution < -0.4 is 4.74 Å². The minimum atomic E-state index is -0.461. The van der Waals surface area contributed by atoms with Crippen molar-refractivity contribution < 1.29 is 24.1 Å². The molecule has 2 fully saturated rings. The monoisotopic (exact) mass is 479 g/mol. The molecule has 0 radical (unpaired) electrons. The van der Waals surface area contributed by atoms with Crippen molar-refractivity contribution in [1.29, 1.82) is 0 Å². The minimum Gasteiger partial charge on any atom is -0.493 e.